The smallest absolute Gasteiger partial charge is 0.243 e. The van der Waals surface area contributed by atoms with E-state index in [4.69, 9.17) is 4.74 Å². The van der Waals surface area contributed by atoms with E-state index in [1.54, 1.807) is 19.0 Å². The van der Waals surface area contributed by atoms with E-state index in [0.717, 1.165) is 39.1 Å². The molecule has 0 bridgehead atoms. The van der Waals surface area contributed by atoms with Gasteiger partial charge >= 0.3 is 0 Å². The van der Waals surface area contributed by atoms with Crippen molar-refractivity contribution in [2.45, 2.75) is 32.8 Å². The molecule has 28 heavy (non-hydrogen) atoms. The van der Waals surface area contributed by atoms with Gasteiger partial charge in [0.15, 0.2) is 5.96 Å². The molecular formula is C21H35N5O2. The Morgan fingerprint density at radius 3 is 2.79 bits per heavy atom. The second-order valence-corrected chi connectivity index (χ2v) is 7.31. The lowest BCUT2D eigenvalue weighted by Crippen LogP contribution is -2.44. The fourth-order valence-electron chi connectivity index (χ4n) is 3.08. The molecule has 0 saturated carbocycles. The molecule has 1 aliphatic heterocycles. The molecular weight excluding hydrogens is 354 g/mol. The molecule has 0 spiro atoms. The average Bonchev–Trinajstić information content (AvgIpc) is 3.20. The first-order valence-electron chi connectivity index (χ1n) is 10.1. The Bertz CT molecular complexity index is 641. The maximum absolute atomic E-state index is 11.9. The zero-order valence-electron chi connectivity index (χ0n) is 17.7. The Labute approximate surface area is 169 Å². The standard InChI is InChI=1S/C21H35N5O2/c1-5-26(18-9-6-8-17(2)14-18)12-11-22-21(24-16-20(27)25(3)4)23-15-19-10-7-13-28-19/h6,8-9,14,19H,5,7,10-13,15-16H2,1-4H3,(H2,22,23,24). The van der Waals surface area contributed by atoms with Crippen LogP contribution in [0.25, 0.3) is 0 Å². The predicted octanol–water partition coefficient (Wildman–Crippen LogP) is 1.62. The molecule has 7 nitrogen and oxygen atoms in total. The first-order valence-corrected chi connectivity index (χ1v) is 10.1. The Morgan fingerprint density at radius 1 is 1.32 bits per heavy atom. The lowest BCUT2D eigenvalue weighted by molar-refractivity contribution is -0.127. The van der Waals surface area contributed by atoms with Crippen LogP contribution in [-0.2, 0) is 9.53 Å². The number of carbonyl (C=O) groups excluding carboxylic acids is 1. The highest BCUT2D eigenvalue weighted by molar-refractivity contribution is 5.84. The summed E-state index contributed by atoms with van der Waals surface area (Å²) in [6, 6.07) is 8.53. The van der Waals surface area contributed by atoms with Crippen LogP contribution in [0.5, 0.6) is 0 Å². The zero-order chi connectivity index (χ0) is 20.4. The minimum atomic E-state index is -0.0202. The molecule has 0 aromatic heterocycles. The fourth-order valence-corrected chi connectivity index (χ4v) is 3.08. The van der Waals surface area contributed by atoms with Gasteiger partial charge in [0.05, 0.1) is 6.10 Å². The number of hydrogen-bond acceptors (Lipinski definition) is 4. The third-order valence-electron chi connectivity index (χ3n) is 4.82. The molecule has 2 rings (SSSR count). The lowest BCUT2D eigenvalue weighted by Gasteiger charge is -2.24. The van der Waals surface area contributed by atoms with Gasteiger partial charge in [0.1, 0.15) is 6.54 Å². The van der Waals surface area contributed by atoms with Crippen LogP contribution in [0.1, 0.15) is 25.3 Å². The predicted molar refractivity (Wildman–Crippen MR) is 115 cm³/mol. The van der Waals surface area contributed by atoms with Crippen LogP contribution in [0.15, 0.2) is 29.3 Å². The Morgan fingerprint density at radius 2 is 2.14 bits per heavy atom. The van der Waals surface area contributed by atoms with Crippen LogP contribution in [-0.4, -0.2) is 76.3 Å². The van der Waals surface area contributed by atoms with Crippen molar-refractivity contribution in [1.29, 1.82) is 0 Å². The highest BCUT2D eigenvalue weighted by atomic mass is 16.5. The molecule has 1 fully saturated rings. The summed E-state index contributed by atoms with van der Waals surface area (Å²) in [5, 5.41) is 6.68. The minimum absolute atomic E-state index is 0.0202. The van der Waals surface area contributed by atoms with E-state index in [1.807, 2.05) is 0 Å². The minimum Gasteiger partial charge on any atom is -0.376 e. The van der Waals surface area contributed by atoms with Gasteiger partial charge in [-0.15, -0.1) is 0 Å². The van der Waals surface area contributed by atoms with Crippen LogP contribution in [0.4, 0.5) is 5.69 Å². The van der Waals surface area contributed by atoms with Crippen LogP contribution in [0.2, 0.25) is 0 Å². The van der Waals surface area contributed by atoms with Crippen LogP contribution >= 0.6 is 0 Å². The molecule has 1 unspecified atom stereocenters. The maximum Gasteiger partial charge on any atom is 0.243 e. The van der Waals surface area contributed by atoms with Gasteiger partial charge in [-0.1, -0.05) is 12.1 Å². The van der Waals surface area contributed by atoms with Gasteiger partial charge in [0.25, 0.3) is 0 Å². The van der Waals surface area contributed by atoms with Crippen molar-refractivity contribution in [3.63, 3.8) is 0 Å². The van der Waals surface area contributed by atoms with E-state index < -0.39 is 0 Å². The maximum atomic E-state index is 11.9. The molecule has 1 aromatic carbocycles. The summed E-state index contributed by atoms with van der Waals surface area (Å²) in [6.07, 6.45) is 2.39. The highest BCUT2D eigenvalue weighted by Gasteiger charge is 2.16. The number of nitrogens with one attached hydrogen (secondary N) is 2. The SMILES string of the molecule is CCN(CCNC(=NCC(=O)N(C)C)NCC1CCCO1)c1cccc(C)c1. The fraction of sp³-hybridized carbons (Fsp3) is 0.619. The second-order valence-electron chi connectivity index (χ2n) is 7.31. The second kappa shape index (κ2) is 11.5. The van der Waals surface area contributed by atoms with Crippen molar-refractivity contribution in [3.05, 3.63) is 29.8 Å². The summed E-state index contributed by atoms with van der Waals surface area (Å²) in [5.41, 5.74) is 2.48. The molecule has 1 aliphatic rings. The summed E-state index contributed by atoms with van der Waals surface area (Å²) in [7, 11) is 3.48. The monoisotopic (exact) mass is 389 g/mol. The summed E-state index contributed by atoms with van der Waals surface area (Å²) < 4.78 is 5.67. The van der Waals surface area contributed by atoms with Crippen molar-refractivity contribution in [2.24, 2.45) is 4.99 Å². The Balaban J connectivity index is 1.90. The van der Waals surface area contributed by atoms with Gasteiger partial charge in [0.2, 0.25) is 5.91 Å². The number of aliphatic imine (C=N–C) groups is 1. The highest BCUT2D eigenvalue weighted by Crippen LogP contribution is 2.15. The third kappa shape index (κ3) is 7.38. The molecule has 0 aliphatic carbocycles. The molecule has 1 aromatic rings. The molecule has 7 heteroatoms. The largest absolute Gasteiger partial charge is 0.376 e. The van der Waals surface area contributed by atoms with E-state index in [-0.39, 0.29) is 18.6 Å². The zero-order valence-corrected chi connectivity index (χ0v) is 17.7. The number of aryl methyl sites for hydroxylation is 1. The number of likely N-dealkylation sites (N-methyl/N-ethyl adjacent to an activating group) is 2. The van der Waals surface area contributed by atoms with E-state index in [1.165, 1.54) is 11.3 Å². The Kier molecular flexibility index (Phi) is 9.07. The number of hydrogen-bond donors (Lipinski definition) is 2. The van der Waals surface area contributed by atoms with Crippen molar-refractivity contribution < 1.29 is 9.53 Å². The first kappa shape index (κ1) is 22.0. The summed E-state index contributed by atoms with van der Waals surface area (Å²) in [6.45, 7) is 8.44. The van der Waals surface area contributed by atoms with Crippen molar-refractivity contribution in [1.82, 2.24) is 15.5 Å². The van der Waals surface area contributed by atoms with Gasteiger partial charge in [-0.2, -0.15) is 0 Å². The number of ether oxygens (including phenoxy) is 1. The molecule has 1 heterocycles. The lowest BCUT2D eigenvalue weighted by atomic mass is 10.2. The van der Waals surface area contributed by atoms with E-state index in [9.17, 15) is 4.79 Å². The molecule has 1 amide bonds. The summed E-state index contributed by atoms with van der Waals surface area (Å²) >= 11 is 0. The van der Waals surface area contributed by atoms with Gasteiger partial charge in [-0.05, 0) is 44.4 Å². The molecule has 1 atom stereocenters. The van der Waals surface area contributed by atoms with Crippen molar-refractivity contribution in [2.75, 3.05) is 58.3 Å². The number of nitrogens with zero attached hydrogens (tertiary/aromatic N) is 3. The summed E-state index contributed by atoms with van der Waals surface area (Å²) in [4.78, 5) is 20.2. The van der Waals surface area contributed by atoms with Gasteiger partial charge in [0, 0.05) is 52.6 Å². The van der Waals surface area contributed by atoms with Crippen LogP contribution in [0.3, 0.4) is 0 Å². The quantitative estimate of drug-likeness (QED) is 0.496. The number of guanidine groups is 1. The number of amides is 1. The van der Waals surface area contributed by atoms with Crippen molar-refractivity contribution in [3.8, 4) is 0 Å². The van der Waals surface area contributed by atoms with Crippen LogP contribution in [0, 0.1) is 6.92 Å². The van der Waals surface area contributed by atoms with E-state index in [2.05, 4.69) is 58.6 Å². The van der Waals surface area contributed by atoms with Gasteiger partial charge in [-0.3, -0.25) is 4.79 Å². The first-order chi connectivity index (χ1) is 13.5. The molecule has 1 saturated heterocycles. The average molecular weight is 390 g/mol. The topological polar surface area (TPSA) is 69.2 Å². The molecule has 156 valence electrons. The molecule has 0 radical (unpaired) electrons. The van der Waals surface area contributed by atoms with Gasteiger partial charge in [-0.25, -0.2) is 4.99 Å². The van der Waals surface area contributed by atoms with E-state index >= 15 is 0 Å². The molecule has 2 N–H and O–H groups in total. The van der Waals surface area contributed by atoms with E-state index in [0.29, 0.717) is 12.5 Å². The number of benzene rings is 1. The number of carbonyl (C=O) groups is 1. The van der Waals surface area contributed by atoms with Crippen molar-refractivity contribution >= 4 is 17.6 Å². The Hall–Kier alpha value is -2.28. The third-order valence-corrected chi connectivity index (χ3v) is 4.82. The summed E-state index contributed by atoms with van der Waals surface area (Å²) in [5.74, 6) is 0.638. The normalized spacial score (nSPS) is 16.7. The van der Waals surface area contributed by atoms with Gasteiger partial charge < -0.3 is 25.2 Å². The number of rotatable bonds is 9. The van der Waals surface area contributed by atoms with Crippen LogP contribution < -0.4 is 15.5 Å². The number of anilines is 1.